The lowest BCUT2D eigenvalue weighted by atomic mass is 9.85. The molecule has 1 aliphatic carbocycles. The van der Waals surface area contributed by atoms with Crippen LogP contribution in [-0.4, -0.2) is 22.3 Å². The zero-order valence-corrected chi connectivity index (χ0v) is 18.4. The second-order valence-electron chi connectivity index (χ2n) is 8.01. The summed E-state index contributed by atoms with van der Waals surface area (Å²) in [5, 5.41) is 4.14. The second-order valence-corrected chi connectivity index (χ2v) is 8.40. The first-order valence-corrected chi connectivity index (χ1v) is 11.1. The lowest BCUT2D eigenvalue weighted by molar-refractivity contribution is -0.116. The number of Topliss-reactive ketones (excluding diaryl/α,β-unsaturated/α-hetero) is 1. The van der Waals surface area contributed by atoms with Crippen LogP contribution in [0.25, 0.3) is 0 Å². The first-order valence-electron chi connectivity index (χ1n) is 10.7. The first kappa shape index (κ1) is 20.6. The third-order valence-electron chi connectivity index (χ3n) is 5.74. The molecule has 0 fully saturated rings. The van der Waals surface area contributed by atoms with Crippen LogP contribution in [0.4, 0.5) is 0 Å². The van der Waals surface area contributed by atoms with Gasteiger partial charge in [-0.3, -0.25) is 4.79 Å². The van der Waals surface area contributed by atoms with Gasteiger partial charge in [0.15, 0.2) is 10.9 Å². The molecule has 0 amide bonds. The van der Waals surface area contributed by atoms with Gasteiger partial charge in [0, 0.05) is 24.2 Å². The number of thiocarbonyl (C=S) groups is 1. The molecule has 1 atom stereocenters. The number of carbonyl (C=O) groups excluding carboxylic acids is 1. The van der Waals surface area contributed by atoms with Crippen LogP contribution in [0.15, 0.2) is 59.8 Å². The Hall–Kier alpha value is -2.66. The predicted octanol–water partition coefficient (Wildman–Crippen LogP) is 5.22. The molecule has 0 saturated carbocycles. The van der Waals surface area contributed by atoms with Crippen LogP contribution < -0.4 is 10.1 Å². The highest BCUT2D eigenvalue weighted by Crippen LogP contribution is 2.37. The van der Waals surface area contributed by atoms with Gasteiger partial charge >= 0.3 is 0 Å². The Morgan fingerprint density at radius 1 is 1.10 bits per heavy atom. The first-order chi connectivity index (χ1) is 14.6. The maximum atomic E-state index is 12.8. The number of hydrogen-bond acceptors (Lipinski definition) is 3. The minimum Gasteiger partial charge on any atom is -0.489 e. The molecule has 2 aliphatic rings. The lowest BCUT2D eigenvalue weighted by Crippen LogP contribution is -2.49. The summed E-state index contributed by atoms with van der Waals surface area (Å²) in [4.78, 5) is 14.9. The zero-order chi connectivity index (χ0) is 21.1. The molecule has 2 aromatic rings. The van der Waals surface area contributed by atoms with Crippen molar-refractivity contribution in [2.24, 2.45) is 0 Å². The highest BCUT2D eigenvalue weighted by atomic mass is 32.1. The van der Waals surface area contributed by atoms with Gasteiger partial charge < -0.3 is 15.0 Å². The summed E-state index contributed by atoms with van der Waals surface area (Å²) in [5.74, 6) is 1.05. The number of nitrogens with zero attached hydrogens (tertiary/aromatic N) is 1. The average molecular weight is 421 g/mol. The number of hydrogen-bond donors (Lipinski definition) is 1. The van der Waals surface area contributed by atoms with Crippen LogP contribution in [0.2, 0.25) is 0 Å². The minimum atomic E-state index is -0.181. The van der Waals surface area contributed by atoms with Gasteiger partial charge in [-0.15, -0.1) is 0 Å². The van der Waals surface area contributed by atoms with Crippen LogP contribution in [0, 0.1) is 6.92 Å². The van der Waals surface area contributed by atoms with Gasteiger partial charge in [-0.25, -0.2) is 0 Å². The number of ether oxygens (including phenoxy) is 1. The second kappa shape index (κ2) is 9.00. The molecule has 5 heteroatoms. The number of nitrogens with one attached hydrogen (secondary N) is 1. The van der Waals surface area contributed by atoms with E-state index in [9.17, 15) is 4.79 Å². The number of rotatable bonds is 6. The molecule has 4 rings (SSSR count). The average Bonchev–Trinajstić information content (AvgIpc) is 2.76. The molecule has 1 N–H and O–H groups in total. The third-order valence-corrected chi connectivity index (χ3v) is 6.08. The molecule has 0 radical (unpaired) electrons. The van der Waals surface area contributed by atoms with E-state index >= 15 is 0 Å². The summed E-state index contributed by atoms with van der Waals surface area (Å²) >= 11 is 5.65. The highest BCUT2D eigenvalue weighted by molar-refractivity contribution is 7.80. The van der Waals surface area contributed by atoms with Gasteiger partial charge in [0.05, 0.1) is 6.04 Å². The van der Waals surface area contributed by atoms with E-state index < -0.39 is 0 Å². The molecule has 30 heavy (non-hydrogen) atoms. The molecule has 4 nitrogen and oxygen atoms in total. The van der Waals surface area contributed by atoms with E-state index in [1.807, 2.05) is 24.3 Å². The third kappa shape index (κ3) is 4.26. The van der Waals surface area contributed by atoms with Crippen molar-refractivity contribution in [3.8, 4) is 5.75 Å². The molecule has 1 aliphatic heterocycles. The van der Waals surface area contributed by atoms with Crippen LogP contribution in [-0.2, 0) is 11.4 Å². The van der Waals surface area contributed by atoms with E-state index in [1.165, 1.54) is 5.56 Å². The summed E-state index contributed by atoms with van der Waals surface area (Å²) in [6, 6.07) is 16.2. The van der Waals surface area contributed by atoms with Crippen LogP contribution >= 0.6 is 12.2 Å². The Balaban J connectivity index is 1.54. The van der Waals surface area contributed by atoms with Crippen molar-refractivity contribution in [3.05, 3.63) is 76.5 Å². The van der Waals surface area contributed by atoms with E-state index in [1.54, 1.807) is 0 Å². The van der Waals surface area contributed by atoms with Gasteiger partial charge in [0.25, 0.3) is 0 Å². The fourth-order valence-electron chi connectivity index (χ4n) is 4.17. The Morgan fingerprint density at radius 3 is 2.53 bits per heavy atom. The quantitative estimate of drug-likeness (QED) is 0.649. The lowest BCUT2D eigenvalue weighted by Gasteiger charge is -2.41. The van der Waals surface area contributed by atoms with Crippen LogP contribution in [0.5, 0.6) is 5.75 Å². The van der Waals surface area contributed by atoms with E-state index in [-0.39, 0.29) is 11.8 Å². The Kier molecular flexibility index (Phi) is 6.18. The minimum absolute atomic E-state index is 0.181. The molecule has 156 valence electrons. The predicted molar refractivity (Wildman–Crippen MR) is 123 cm³/mol. The topological polar surface area (TPSA) is 41.6 Å². The summed E-state index contributed by atoms with van der Waals surface area (Å²) in [6.07, 6.45) is 3.42. The number of benzene rings is 2. The number of aryl methyl sites for hydroxylation is 1. The summed E-state index contributed by atoms with van der Waals surface area (Å²) < 4.78 is 5.94. The summed E-state index contributed by atoms with van der Waals surface area (Å²) in [7, 11) is 0. The molecule has 0 spiro atoms. The summed E-state index contributed by atoms with van der Waals surface area (Å²) in [5.41, 5.74) is 5.42. The molecule has 1 heterocycles. The van der Waals surface area contributed by atoms with Crippen molar-refractivity contribution in [2.45, 2.75) is 52.2 Å². The maximum absolute atomic E-state index is 12.8. The normalized spacial score (nSPS) is 18.9. The van der Waals surface area contributed by atoms with E-state index in [0.29, 0.717) is 13.0 Å². The molecule has 0 aromatic heterocycles. The van der Waals surface area contributed by atoms with Gasteiger partial charge in [-0.05, 0) is 61.7 Å². The van der Waals surface area contributed by atoms with Crippen LogP contribution in [0.3, 0.4) is 0 Å². The molecule has 1 unspecified atom stereocenters. The largest absolute Gasteiger partial charge is 0.489 e. The molecule has 2 aromatic carbocycles. The number of allylic oxidation sites excluding steroid dienone is 1. The molecular formula is C25H28N2O2S. The van der Waals surface area contributed by atoms with Crippen molar-refractivity contribution in [2.75, 3.05) is 6.54 Å². The van der Waals surface area contributed by atoms with E-state index in [4.69, 9.17) is 17.0 Å². The molecule has 0 bridgehead atoms. The fourth-order valence-corrected chi connectivity index (χ4v) is 4.49. The molecular weight excluding hydrogens is 392 g/mol. The fraction of sp³-hybridized carbons (Fsp3) is 0.360. The van der Waals surface area contributed by atoms with Crippen molar-refractivity contribution in [1.82, 2.24) is 10.2 Å². The Bertz CT molecular complexity index is 964. The summed E-state index contributed by atoms with van der Waals surface area (Å²) in [6.45, 7) is 5.59. The molecule has 0 saturated heterocycles. The van der Waals surface area contributed by atoms with Crippen molar-refractivity contribution in [3.63, 3.8) is 0 Å². The standard InChI is InChI=1S/C25H28N2O2S/c1-3-15-27-21-5-4-6-22(28)23(21)24(26-25(27)30)19-11-13-20(14-12-19)29-16-18-9-7-17(2)8-10-18/h7-14,24H,3-6,15-16H2,1-2H3,(H,26,30). The van der Waals surface area contributed by atoms with Crippen molar-refractivity contribution < 1.29 is 9.53 Å². The smallest absolute Gasteiger partial charge is 0.173 e. The maximum Gasteiger partial charge on any atom is 0.173 e. The van der Waals surface area contributed by atoms with Crippen molar-refractivity contribution in [1.29, 1.82) is 0 Å². The van der Waals surface area contributed by atoms with Crippen LogP contribution in [0.1, 0.15) is 55.3 Å². The highest BCUT2D eigenvalue weighted by Gasteiger charge is 2.36. The zero-order valence-electron chi connectivity index (χ0n) is 17.6. The Labute approximate surface area is 183 Å². The van der Waals surface area contributed by atoms with E-state index in [2.05, 4.69) is 48.3 Å². The van der Waals surface area contributed by atoms with Crippen molar-refractivity contribution >= 4 is 23.1 Å². The monoisotopic (exact) mass is 420 g/mol. The SMILES string of the molecule is CCCN1C(=S)NC(c2ccc(OCc3ccc(C)cc3)cc2)C2=C1CCCC2=O. The Morgan fingerprint density at radius 2 is 1.83 bits per heavy atom. The van der Waals surface area contributed by atoms with Gasteiger partial charge in [0.2, 0.25) is 0 Å². The van der Waals surface area contributed by atoms with Gasteiger partial charge in [-0.1, -0.05) is 48.9 Å². The number of carbonyl (C=O) groups is 1. The van der Waals surface area contributed by atoms with Gasteiger partial charge in [-0.2, -0.15) is 0 Å². The van der Waals surface area contributed by atoms with E-state index in [0.717, 1.165) is 59.1 Å². The number of ketones is 1. The van der Waals surface area contributed by atoms with Gasteiger partial charge in [0.1, 0.15) is 12.4 Å².